The van der Waals surface area contributed by atoms with E-state index in [4.69, 9.17) is 0 Å². The van der Waals surface area contributed by atoms with Gasteiger partial charge < -0.3 is 4.90 Å². The van der Waals surface area contributed by atoms with Crippen LogP contribution < -0.4 is 0 Å². The summed E-state index contributed by atoms with van der Waals surface area (Å²) < 4.78 is 0. The van der Waals surface area contributed by atoms with Gasteiger partial charge in [-0.15, -0.1) is 0 Å². The fourth-order valence-corrected chi connectivity index (χ4v) is 3.07. The number of alkyl halides is 1. The maximum atomic E-state index is 11.7. The Balaban J connectivity index is 2.10. The maximum absolute atomic E-state index is 11.7. The molecule has 88 valence electrons. The van der Waals surface area contributed by atoms with Crippen LogP contribution in [0.4, 0.5) is 0 Å². The average Bonchev–Trinajstić information content (AvgIpc) is 2.15. The van der Waals surface area contributed by atoms with Gasteiger partial charge in [-0.1, -0.05) is 35.7 Å². The summed E-state index contributed by atoms with van der Waals surface area (Å²) in [5, 5.41) is 0. The summed E-state index contributed by atoms with van der Waals surface area (Å²) in [6, 6.07) is 0. The second-order valence-corrected chi connectivity index (χ2v) is 5.96. The second-order valence-electron chi connectivity index (χ2n) is 4.67. The fourth-order valence-electron chi connectivity index (χ4n) is 2.01. The molecular formula is C12H22BrNO. The molecule has 1 amide bonds. The Hall–Kier alpha value is -0.0500. The van der Waals surface area contributed by atoms with Gasteiger partial charge in [0.1, 0.15) is 0 Å². The van der Waals surface area contributed by atoms with Crippen LogP contribution in [-0.2, 0) is 4.79 Å². The smallest absolute Gasteiger partial charge is 0.222 e. The van der Waals surface area contributed by atoms with Crippen molar-refractivity contribution in [3.8, 4) is 0 Å². The van der Waals surface area contributed by atoms with Gasteiger partial charge in [-0.25, -0.2) is 0 Å². The number of halogens is 1. The number of rotatable bonds is 6. The molecule has 0 N–H and O–H groups in total. The van der Waals surface area contributed by atoms with Crippen LogP contribution in [0, 0.1) is 5.92 Å². The minimum Gasteiger partial charge on any atom is -0.345 e. The molecule has 0 saturated heterocycles. The van der Waals surface area contributed by atoms with Crippen LogP contribution in [0.2, 0.25) is 0 Å². The summed E-state index contributed by atoms with van der Waals surface area (Å²) in [4.78, 5) is 14.3. The Labute approximate surface area is 102 Å². The molecule has 0 aromatic carbocycles. The summed E-state index contributed by atoms with van der Waals surface area (Å²) in [5.41, 5.74) is 0. The number of hydrogen-bond donors (Lipinski definition) is 0. The Morgan fingerprint density at radius 1 is 1.40 bits per heavy atom. The molecule has 1 aliphatic carbocycles. The van der Waals surface area contributed by atoms with E-state index in [1.807, 2.05) is 11.9 Å². The van der Waals surface area contributed by atoms with Gasteiger partial charge in [0.05, 0.1) is 0 Å². The summed E-state index contributed by atoms with van der Waals surface area (Å²) in [5.74, 6) is 1.05. The lowest BCUT2D eigenvalue weighted by molar-refractivity contribution is -0.130. The Kier molecular flexibility index (Phi) is 5.65. The first-order chi connectivity index (χ1) is 7.13. The van der Waals surface area contributed by atoms with Crippen LogP contribution in [0.25, 0.3) is 0 Å². The normalized spacial score (nSPS) is 24.7. The molecule has 0 aliphatic heterocycles. The van der Waals surface area contributed by atoms with Crippen LogP contribution in [0.1, 0.15) is 45.4 Å². The molecule has 0 spiro atoms. The predicted molar refractivity (Wildman–Crippen MR) is 67.2 cm³/mol. The van der Waals surface area contributed by atoms with Gasteiger partial charge >= 0.3 is 0 Å². The van der Waals surface area contributed by atoms with Crippen LogP contribution in [0.3, 0.4) is 0 Å². The molecular weight excluding hydrogens is 254 g/mol. The Morgan fingerprint density at radius 3 is 2.60 bits per heavy atom. The number of unbranched alkanes of at least 4 members (excludes halogenated alkanes) is 2. The lowest BCUT2D eigenvalue weighted by Gasteiger charge is -2.34. The molecule has 15 heavy (non-hydrogen) atoms. The minimum absolute atomic E-state index is 0.321. The van der Waals surface area contributed by atoms with Crippen molar-refractivity contribution in [3.63, 3.8) is 0 Å². The molecule has 0 bridgehead atoms. The monoisotopic (exact) mass is 275 g/mol. The molecule has 0 aromatic rings. The third-order valence-electron chi connectivity index (χ3n) is 3.13. The van der Waals surface area contributed by atoms with E-state index in [2.05, 4.69) is 22.9 Å². The van der Waals surface area contributed by atoms with Crippen molar-refractivity contribution < 1.29 is 4.79 Å². The van der Waals surface area contributed by atoms with Crippen molar-refractivity contribution in [3.05, 3.63) is 0 Å². The molecule has 1 aliphatic rings. The molecule has 0 unspecified atom stereocenters. The molecule has 2 nitrogen and oxygen atoms in total. The number of nitrogens with zero attached hydrogens (tertiary/aromatic N) is 1. The topological polar surface area (TPSA) is 20.3 Å². The quantitative estimate of drug-likeness (QED) is 0.539. The highest BCUT2D eigenvalue weighted by Gasteiger charge is 2.28. The van der Waals surface area contributed by atoms with Crippen LogP contribution in [0.15, 0.2) is 0 Å². The van der Waals surface area contributed by atoms with Gasteiger partial charge in [-0.3, -0.25) is 4.79 Å². The van der Waals surface area contributed by atoms with E-state index in [0.717, 1.165) is 25.3 Å². The summed E-state index contributed by atoms with van der Waals surface area (Å²) in [6.07, 6.45) is 6.59. The Morgan fingerprint density at radius 2 is 2.07 bits per heavy atom. The van der Waals surface area contributed by atoms with Gasteiger partial charge in [-0.2, -0.15) is 0 Å². The number of carbonyl (C=O) groups is 1. The fraction of sp³-hybridized carbons (Fsp3) is 0.917. The first kappa shape index (κ1) is 13.0. The molecule has 0 aromatic heterocycles. The summed E-state index contributed by atoms with van der Waals surface area (Å²) in [6.45, 7) is 3.12. The Bertz CT molecular complexity index is 202. The third-order valence-corrected chi connectivity index (χ3v) is 3.88. The van der Waals surface area contributed by atoms with Gasteiger partial charge in [0, 0.05) is 24.8 Å². The van der Waals surface area contributed by atoms with Crippen molar-refractivity contribution in [2.24, 2.45) is 5.92 Å². The second kappa shape index (κ2) is 6.51. The molecule has 0 radical (unpaired) electrons. The molecule has 0 heterocycles. The van der Waals surface area contributed by atoms with Gasteiger partial charge in [-0.05, 0) is 25.2 Å². The highest BCUT2D eigenvalue weighted by molar-refractivity contribution is 9.09. The van der Waals surface area contributed by atoms with Crippen molar-refractivity contribution in [2.75, 3.05) is 13.6 Å². The summed E-state index contributed by atoms with van der Waals surface area (Å²) in [7, 11) is 1.94. The highest BCUT2D eigenvalue weighted by Crippen LogP contribution is 2.33. The lowest BCUT2D eigenvalue weighted by Crippen LogP contribution is -2.37. The zero-order valence-corrected chi connectivity index (χ0v) is 11.4. The lowest BCUT2D eigenvalue weighted by atomic mass is 9.85. The zero-order valence-electron chi connectivity index (χ0n) is 9.84. The predicted octanol–water partition coefficient (Wildman–Crippen LogP) is 3.20. The van der Waals surface area contributed by atoms with Gasteiger partial charge in [0.15, 0.2) is 0 Å². The van der Waals surface area contributed by atoms with Gasteiger partial charge in [0.2, 0.25) is 5.91 Å². The van der Waals surface area contributed by atoms with E-state index in [9.17, 15) is 4.79 Å². The van der Waals surface area contributed by atoms with E-state index in [1.54, 1.807) is 0 Å². The van der Waals surface area contributed by atoms with Crippen molar-refractivity contribution in [1.29, 1.82) is 0 Å². The standard InChI is InChI=1S/C12H22BrNO/c1-3-4-5-6-12(15)14(2)9-10-7-11(13)8-10/h10-11H,3-9H2,1-2H3. The SMILES string of the molecule is CCCCCC(=O)N(C)CC1CC(Br)C1. The molecule has 1 rings (SSSR count). The third kappa shape index (κ3) is 4.54. The first-order valence-corrected chi connectivity index (χ1v) is 6.93. The van der Waals surface area contributed by atoms with E-state index in [0.29, 0.717) is 10.7 Å². The molecule has 1 saturated carbocycles. The van der Waals surface area contributed by atoms with E-state index >= 15 is 0 Å². The van der Waals surface area contributed by atoms with Crippen molar-refractivity contribution in [2.45, 2.75) is 50.3 Å². The average molecular weight is 276 g/mol. The van der Waals surface area contributed by atoms with Crippen LogP contribution in [-0.4, -0.2) is 29.2 Å². The summed E-state index contributed by atoms with van der Waals surface area (Å²) >= 11 is 3.58. The maximum Gasteiger partial charge on any atom is 0.222 e. The molecule has 0 atom stereocenters. The minimum atomic E-state index is 0.321. The molecule has 3 heteroatoms. The van der Waals surface area contributed by atoms with Crippen LogP contribution in [0.5, 0.6) is 0 Å². The number of hydrogen-bond acceptors (Lipinski definition) is 1. The first-order valence-electron chi connectivity index (χ1n) is 6.01. The molecule has 1 fully saturated rings. The highest BCUT2D eigenvalue weighted by atomic mass is 79.9. The number of amides is 1. The van der Waals surface area contributed by atoms with Crippen LogP contribution >= 0.6 is 15.9 Å². The zero-order chi connectivity index (χ0) is 11.3. The van der Waals surface area contributed by atoms with E-state index in [-0.39, 0.29) is 0 Å². The van der Waals surface area contributed by atoms with Crippen molar-refractivity contribution >= 4 is 21.8 Å². The van der Waals surface area contributed by atoms with Gasteiger partial charge in [0.25, 0.3) is 0 Å². The van der Waals surface area contributed by atoms with E-state index < -0.39 is 0 Å². The number of carbonyl (C=O) groups excluding carboxylic acids is 1. The largest absolute Gasteiger partial charge is 0.345 e. The van der Waals surface area contributed by atoms with Crippen molar-refractivity contribution in [1.82, 2.24) is 4.90 Å². The van der Waals surface area contributed by atoms with E-state index in [1.165, 1.54) is 25.7 Å².